The second kappa shape index (κ2) is 2.95. The molecule has 0 amide bonds. The van der Waals surface area contributed by atoms with Gasteiger partial charge in [-0.15, -0.1) is 0 Å². The molecule has 0 aliphatic carbocycles. The number of hydrogen-bond donors (Lipinski definition) is 1. The van der Waals surface area contributed by atoms with E-state index in [9.17, 15) is 0 Å². The minimum absolute atomic E-state index is 0.632. The number of hydrogen-bond acceptors (Lipinski definition) is 1. The predicted molar refractivity (Wildman–Crippen MR) is 40.9 cm³/mol. The van der Waals surface area contributed by atoms with Gasteiger partial charge < -0.3 is 0 Å². The smallest absolute Gasteiger partial charge is 0.0678 e. The van der Waals surface area contributed by atoms with Crippen LogP contribution in [-0.4, -0.2) is 0 Å². The second-order valence-corrected chi connectivity index (χ2v) is 2.17. The van der Waals surface area contributed by atoms with E-state index in [0.29, 0.717) is 5.02 Å². The van der Waals surface area contributed by atoms with Crippen LogP contribution >= 0.6 is 23.4 Å². The standard InChI is InChI=1S/C6H5Cl2N/c7-5-3-1-2-4-6(5)9-8/h1-4,9H. The molecule has 0 bridgehead atoms. The average molecular weight is 162 g/mol. The number of nitrogens with one attached hydrogen (secondary N) is 1. The van der Waals surface area contributed by atoms with Gasteiger partial charge in [0.1, 0.15) is 0 Å². The highest BCUT2D eigenvalue weighted by Crippen LogP contribution is 2.20. The fraction of sp³-hybridized carbons (Fsp3) is 0. The van der Waals surface area contributed by atoms with Gasteiger partial charge in [-0.3, -0.25) is 4.84 Å². The van der Waals surface area contributed by atoms with Crippen LogP contribution in [0.4, 0.5) is 5.69 Å². The quantitative estimate of drug-likeness (QED) is 0.626. The number of rotatable bonds is 1. The first-order valence-corrected chi connectivity index (χ1v) is 3.21. The lowest BCUT2D eigenvalue weighted by Gasteiger charge is -1.97. The molecule has 3 heteroatoms. The lowest BCUT2D eigenvalue weighted by molar-refractivity contribution is 1.68. The van der Waals surface area contributed by atoms with Crippen molar-refractivity contribution < 1.29 is 0 Å². The number of anilines is 1. The Kier molecular flexibility index (Phi) is 2.20. The molecular weight excluding hydrogens is 157 g/mol. The van der Waals surface area contributed by atoms with Crippen molar-refractivity contribution in [3.05, 3.63) is 29.3 Å². The van der Waals surface area contributed by atoms with E-state index in [1.165, 1.54) is 0 Å². The third kappa shape index (κ3) is 1.50. The summed E-state index contributed by atoms with van der Waals surface area (Å²) in [4.78, 5) is 2.44. The highest BCUT2D eigenvalue weighted by Gasteiger charge is 1.92. The van der Waals surface area contributed by atoms with Gasteiger partial charge in [0.25, 0.3) is 0 Å². The van der Waals surface area contributed by atoms with Gasteiger partial charge in [-0.05, 0) is 12.1 Å². The van der Waals surface area contributed by atoms with E-state index in [1.54, 1.807) is 12.1 Å². The molecule has 1 aromatic rings. The summed E-state index contributed by atoms with van der Waals surface area (Å²) in [5, 5.41) is 0.632. The third-order valence-electron chi connectivity index (χ3n) is 0.976. The van der Waals surface area contributed by atoms with E-state index < -0.39 is 0 Å². The molecule has 1 N–H and O–H groups in total. The molecule has 0 fully saturated rings. The van der Waals surface area contributed by atoms with E-state index in [0.717, 1.165) is 5.69 Å². The molecule has 0 spiro atoms. The molecule has 0 atom stereocenters. The summed E-state index contributed by atoms with van der Waals surface area (Å²) in [5.41, 5.74) is 0.737. The average Bonchev–Trinajstić information content (AvgIpc) is 1.89. The molecule has 0 saturated heterocycles. The highest BCUT2D eigenvalue weighted by atomic mass is 35.5. The Labute approximate surface area is 63.7 Å². The Morgan fingerprint density at radius 1 is 1.22 bits per heavy atom. The topological polar surface area (TPSA) is 12.0 Å². The fourth-order valence-electron chi connectivity index (χ4n) is 0.538. The van der Waals surface area contributed by atoms with Gasteiger partial charge >= 0.3 is 0 Å². The first-order chi connectivity index (χ1) is 4.34. The van der Waals surface area contributed by atoms with Crippen molar-refractivity contribution in [3.8, 4) is 0 Å². The molecule has 1 rings (SSSR count). The molecule has 0 radical (unpaired) electrons. The van der Waals surface area contributed by atoms with E-state index in [4.69, 9.17) is 23.4 Å². The van der Waals surface area contributed by atoms with Gasteiger partial charge in [-0.2, -0.15) is 0 Å². The maximum Gasteiger partial charge on any atom is 0.0678 e. The highest BCUT2D eigenvalue weighted by molar-refractivity contribution is 6.35. The Hall–Kier alpha value is -0.400. The minimum atomic E-state index is 0.632. The van der Waals surface area contributed by atoms with Crippen LogP contribution < -0.4 is 4.84 Å². The van der Waals surface area contributed by atoms with Gasteiger partial charge in [0.05, 0.1) is 10.7 Å². The molecule has 9 heavy (non-hydrogen) atoms. The molecule has 0 aliphatic rings. The van der Waals surface area contributed by atoms with Crippen LogP contribution in [0, 0.1) is 0 Å². The second-order valence-electron chi connectivity index (χ2n) is 1.57. The maximum atomic E-state index is 5.68. The van der Waals surface area contributed by atoms with Gasteiger partial charge in [0, 0.05) is 11.8 Å². The van der Waals surface area contributed by atoms with Crippen LogP contribution in [0.1, 0.15) is 0 Å². The first kappa shape index (κ1) is 6.72. The van der Waals surface area contributed by atoms with E-state index >= 15 is 0 Å². The van der Waals surface area contributed by atoms with Gasteiger partial charge in [0.2, 0.25) is 0 Å². The summed E-state index contributed by atoms with van der Waals surface area (Å²) in [7, 11) is 0. The van der Waals surface area contributed by atoms with Crippen molar-refractivity contribution in [1.29, 1.82) is 0 Å². The minimum Gasteiger partial charge on any atom is -0.297 e. The lowest BCUT2D eigenvalue weighted by Crippen LogP contribution is -1.78. The summed E-state index contributed by atoms with van der Waals surface area (Å²) in [6.07, 6.45) is 0. The normalized spacial score (nSPS) is 9.11. The molecular formula is C6H5Cl2N. The fourth-order valence-corrected chi connectivity index (χ4v) is 0.934. The number of benzene rings is 1. The number of para-hydroxylation sites is 1. The SMILES string of the molecule is ClNc1ccccc1Cl. The molecule has 0 unspecified atom stereocenters. The van der Waals surface area contributed by atoms with Gasteiger partial charge in [-0.25, -0.2) is 0 Å². The molecule has 0 saturated carbocycles. The summed E-state index contributed by atoms with van der Waals surface area (Å²) in [6, 6.07) is 7.28. The van der Waals surface area contributed by atoms with E-state index in [-0.39, 0.29) is 0 Å². The predicted octanol–water partition coefficient (Wildman–Crippen LogP) is 2.91. The maximum absolute atomic E-state index is 5.68. The summed E-state index contributed by atoms with van der Waals surface area (Å²) >= 11 is 11.0. The van der Waals surface area contributed by atoms with Crippen LogP contribution in [0.2, 0.25) is 5.02 Å². The zero-order valence-electron chi connectivity index (χ0n) is 4.57. The Balaban J connectivity index is 3.01. The number of halogens is 2. The Morgan fingerprint density at radius 3 is 2.33 bits per heavy atom. The Bertz CT molecular complexity index is 200. The largest absolute Gasteiger partial charge is 0.297 e. The van der Waals surface area contributed by atoms with Gasteiger partial charge in [0.15, 0.2) is 0 Å². The monoisotopic (exact) mass is 161 g/mol. The van der Waals surface area contributed by atoms with Crippen molar-refractivity contribution in [1.82, 2.24) is 0 Å². The summed E-state index contributed by atoms with van der Waals surface area (Å²) in [6.45, 7) is 0. The van der Waals surface area contributed by atoms with E-state index in [2.05, 4.69) is 4.84 Å². The first-order valence-electron chi connectivity index (χ1n) is 2.46. The van der Waals surface area contributed by atoms with Crippen molar-refractivity contribution >= 4 is 29.1 Å². The Morgan fingerprint density at radius 2 is 1.89 bits per heavy atom. The molecule has 48 valence electrons. The third-order valence-corrected chi connectivity index (χ3v) is 1.51. The van der Waals surface area contributed by atoms with Gasteiger partial charge in [-0.1, -0.05) is 23.7 Å². The summed E-state index contributed by atoms with van der Waals surface area (Å²) in [5.74, 6) is 0. The molecule has 1 nitrogen and oxygen atoms in total. The van der Waals surface area contributed by atoms with Crippen LogP contribution in [0.3, 0.4) is 0 Å². The van der Waals surface area contributed by atoms with Crippen LogP contribution in [-0.2, 0) is 0 Å². The van der Waals surface area contributed by atoms with Crippen LogP contribution in [0.25, 0.3) is 0 Å². The van der Waals surface area contributed by atoms with Crippen molar-refractivity contribution in [3.63, 3.8) is 0 Å². The van der Waals surface area contributed by atoms with Crippen molar-refractivity contribution in [2.75, 3.05) is 4.84 Å². The van der Waals surface area contributed by atoms with Crippen LogP contribution in [0.15, 0.2) is 24.3 Å². The zero-order valence-corrected chi connectivity index (χ0v) is 6.08. The lowest BCUT2D eigenvalue weighted by atomic mass is 10.3. The molecule has 1 aromatic carbocycles. The molecule has 0 heterocycles. The van der Waals surface area contributed by atoms with Crippen LogP contribution in [0.5, 0.6) is 0 Å². The molecule has 0 aliphatic heterocycles. The summed E-state index contributed by atoms with van der Waals surface area (Å²) < 4.78 is 0. The van der Waals surface area contributed by atoms with Crippen molar-refractivity contribution in [2.24, 2.45) is 0 Å². The molecule has 0 aromatic heterocycles. The van der Waals surface area contributed by atoms with E-state index in [1.807, 2.05) is 12.1 Å². The van der Waals surface area contributed by atoms with Crippen molar-refractivity contribution in [2.45, 2.75) is 0 Å². The zero-order chi connectivity index (χ0) is 6.69.